The lowest BCUT2D eigenvalue weighted by Gasteiger charge is -2.20. The highest BCUT2D eigenvalue weighted by Gasteiger charge is 2.22. The van der Waals surface area contributed by atoms with Crippen LogP contribution >= 0.6 is 35.6 Å². The first kappa shape index (κ1) is 20.3. The van der Waals surface area contributed by atoms with Gasteiger partial charge < -0.3 is 20.9 Å². The molecule has 0 aliphatic rings. The highest BCUT2D eigenvalue weighted by Crippen LogP contribution is 2.31. The molecule has 1 atom stereocenters. The maximum absolute atomic E-state index is 11.5. The van der Waals surface area contributed by atoms with Crippen molar-refractivity contribution in [1.82, 2.24) is 5.32 Å². The van der Waals surface area contributed by atoms with Crippen molar-refractivity contribution in [3.8, 4) is 5.75 Å². The van der Waals surface area contributed by atoms with Gasteiger partial charge in [0.1, 0.15) is 23.5 Å². The number of carbonyl (C=O) groups is 1. The van der Waals surface area contributed by atoms with Crippen LogP contribution in [-0.2, 0) is 4.79 Å². The van der Waals surface area contributed by atoms with Gasteiger partial charge in [-0.15, -0.1) is 12.4 Å². The molecule has 0 aliphatic carbocycles. The Bertz CT molecular complexity index is 478. The highest BCUT2D eigenvalue weighted by molar-refractivity contribution is 6.42. The number of rotatable bonds is 6. The van der Waals surface area contributed by atoms with Gasteiger partial charge in [0, 0.05) is 6.54 Å². The number of ether oxygens (including phenoxy) is 1. The quantitative estimate of drug-likeness (QED) is 0.727. The van der Waals surface area contributed by atoms with Crippen LogP contribution in [0.4, 0.5) is 0 Å². The molecule has 1 rings (SSSR count). The number of hydrogen-bond acceptors (Lipinski definition) is 4. The number of aliphatic hydroxyl groups is 1. The van der Waals surface area contributed by atoms with Gasteiger partial charge in [-0.3, -0.25) is 4.79 Å². The summed E-state index contributed by atoms with van der Waals surface area (Å²) in [6.07, 6.45) is -0.878. The van der Waals surface area contributed by atoms with Crippen LogP contribution in [0.5, 0.6) is 5.75 Å². The van der Waals surface area contributed by atoms with Crippen LogP contribution in [0, 0.1) is 0 Å². The van der Waals surface area contributed by atoms with Gasteiger partial charge in [0.05, 0.1) is 10.6 Å². The minimum absolute atomic E-state index is 0. The van der Waals surface area contributed by atoms with E-state index in [1.54, 1.807) is 32.0 Å². The summed E-state index contributed by atoms with van der Waals surface area (Å²) in [5.74, 6) is 0.0287. The number of amides is 1. The van der Waals surface area contributed by atoms with Gasteiger partial charge in [0.15, 0.2) is 0 Å². The Morgan fingerprint density at radius 3 is 2.67 bits per heavy atom. The van der Waals surface area contributed by atoms with Crippen molar-refractivity contribution < 1.29 is 14.6 Å². The van der Waals surface area contributed by atoms with E-state index in [1.165, 1.54) is 0 Å². The predicted molar refractivity (Wildman–Crippen MR) is 86.5 cm³/mol. The van der Waals surface area contributed by atoms with Crippen LogP contribution < -0.4 is 15.8 Å². The van der Waals surface area contributed by atoms with E-state index in [0.29, 0.717) is 10.8 Å². The van der Waals surface area contributed by atoms with Crippen molar-refractivity contribution in [2.75, 3.05) is 13.2 Å². The van der Waals surface area contributed by atoms with E-state index in [1.807, 2.05) is 0 Å². The van der Waals surface area contributed by atoms with Gasteiger partial charge >= 0.3 is 0 Å². The monoisotopic (exact) mass is 356 g/mol. The largest absolute Gasteiger partial charge is 0.489 e. The summed E-state index contributed by atoms with van der Waals surface area (Å²) in [5, 5.41) is 12.9. The predicted octanol–water partition coefficient (Wildman–Crippen LogP) is 2.01. The Hall–Kier alpha value is -0.720. The van der Waals surface area contributed by atoms with Crippen molar-refractivity contribution >= 4 is 41.5 Å². The molecule has 21 heavy (non-hydrogen) atoms. The molecule has 0 bridgehead atoms. The first-order valence-electron chi connectivity index (χ1n) is 6.04. The van der Waals surface area contributed by atoms with E-state index in [4.69, 9.17) is 33.7 Å². The number of nitrogens with two attached hydrogens (primary N) is 1. The third kappa shape index (κ3) is 6.72. The normalized spacial score (nSPS) is 12.3. The van der Waals surface area contributed by atoms with Crippen LogP contribution in [0.15, 0.2) is 18.2 Å². The summed E-state index contributed by atoms with van der Waals surface area (Å²) in [5.41, 5.74) is 4.62. The molecule has 0 saturated heterocycles. The molecule has 0 aliphatic heterocycles. The molecule has 8 heteroatoms. The Labute approximate surface area is 140 Å². The lowest BCUT2D eigenvalue weighted by atomic mass is 10.1. The summed E-state index contributed by atoms with van der Waals surface area (Å²) >= 11 is 11.8. The maximum Gasteiger partial charge on any atom is 0.239 e. The first-order chi connectivity index (χ1) is 9.21. The fourth-order valence-corrected chi connectivity index (χ4v) is 1.63. The second kappa shape index (κ2) is 8.66. The molecule has 0 saturated carbocycles. The summed E-state index contributed by atoms with van der Waals surface area (Å²) < 4.78 is 5.35. The van der Waals surface area contributed by atoms with E-state index in [9.17, 15) is 9.90 Å². The fourth-order valence-electron chi connectivity index (χ4n) is 1.28. The fraction of sp³-hybridized carbons (Fsp3) is 0.462. The van der Waals surface area contributed by atoms with E-state index in [-0.39, 0.29) is 36.5 Å². The molecule has 1 unspecified atom stereocenters. The molecule has 0 aromatic heterocycles. The molecule has 0 heterocycles. The lowest BCUT2D eigenvalue weighted by molar-refractivity contribution is -0.125. The van der Waals surface area contributed by atoms with Crippen molar-refractivity contribution in [2.45, 2.75) is 25.5 Å². The summed E-state index contributed by atoms with van der Waals surface area (Å²) in [6.45, 7) is 3.18. The molecule has 5 nitrogen and oxygen atoms in total. The zero-order valence-electron chi connectivity index (χ0n) is 11.7. The van der Waals surface area contributed by atoms with Gasteiger partial charge in [-0.05, 0) is 26.0 Å². The van der Waals surface area contributed by atoms with E-state index in [2.05, 4.69) is 5.32 Å². The highest BCUT2D eigenvalue weighted by atomic mass is 35.5. The lowest BCUT2D eigenvalue weighted by Crippen LogP contribution is -2.51. The van der Waals surface area contributed by atoms with Crippen LogP contribution in [0.25, 0.3) is 0 Å². The van der Waals surface area contributed by atoms with Crippen LogP contribution in [-0.4, -0.2) is 35.8 Å². The second-order valence-electron chi connectivity index (χ2n) is 4.95. The standard InChI is InChI=1S/C13H18Cl2N2O3.ClH/c1-13(2,16)12(19)17-6-8(18)7-20-10-5-3-4-9(14)11(10)15;/h3-5,8,18H,6-7,16H2,1-2H3,(H,17,19);1H. The Kier molecular flexibility index (Phi) is 8.36. The average Bonchev–Trinajstić information content (AvgIpc) is 2.36. The molecule has 1 amide bonds. The van der Waals surface area contributed by atoms with Gasteiger partial charge in [0.25, 0.3) is 0 Å². The van der Waals surface area contributed by atoms with E-state index < -0.39 is 11.6 Å². The first-order valence-corrected chi connectivity index (χ1v) is 6.79. The molecular formula is C13H19Cl3N2O3. The minimum Gasteiger partial charge on any atom is -0.489 e. The smallest absolute Gasteiger partial charge is 0.239 e. The van der Waals surface area contributed by atoms with Crippen LogP contribution in [0.3, 0.4) is 0 Å². The number of nitrogens with one attached hydrogen (secondary N) is 1. The molecule has 120 valence electrons. The van der Waals surface area contributed by atoms with Crippen molar-refractivity contribution in [3.63, 3.8) is 0 Å². The van der Waals surface area contributed by atoms with Gasteiger partial charge in [0.2, 0.25) is 5.91 Å². The van der Waals surface area contributed by atoms with Crippen molar-refractivity contribution in [1.29, 1.82) is 0 Å². The second-order valence-corrected chi connectivity index (χ2v) is 5.73. The Morgan fingerprint density at radius 1 is 1.48 bits per heavy atom. The van der Waals surface area contributed by atoms with Crippen LogP contribution in [0.2, 0.25) is 10.0 Å². The molecule has 0 spiro atoms. The van der Waals surface area contributed by atoms with Gasteiger partial charge in [-0.2, -0.15) is 0 Å². The topological polar surface area (TPSA) is 84.6 Å². The molecule has 1 aromatic carbocycles. The van der Waals surface area contributed by atoms with Crippen molar-refractivity contribution in [2.24, 2.45) is 5.73 Å². The van der Waals surface area contributed by atoms with Gasteiger partial charge in [-0.1, -0.05) is 29.3 Å². The summed E-state index contributed by atoms with van der Waals surface area (Å²) in [7, 11) is 0. The number of hydrogen-bond donors (Lipinski definition) is 3. The Balaban J connectivity index is 0.00000400. The number of halogens is 3. The van der Waals surface area contributed by atoms with E-state index in [0.717, 1.165) is 0 Å². The third-order valence-corrected chi connectivity index (χ3v) is 3.23. The van der Waals surface area contributed by atoms with Gasteiger partial charge in [-0.25, -0.2) is 0 Å². The number of carbonyl (C=O) groups excluding carboxylic acids is 1. The number of benzene rings is 1. The maximum atomic E-state index is 11.5. The molecular weight excluding hydrogens is 339 g/mol. The van der Waals surface area contributed by atoms with Crippen molar-refractivity contribution in [3.05, 3.63) is 28.2 Å². The van der Waals surface area contributed by atoms with E-state index >= 15 is 0 Å². The number of aliphatic hydroxyl groups excluding tert-OH is 1. The average molecular weight is 358 g/mol. The summed E-state index contributed by atoms with van der Waals surface area (Å²) in [4.78, 5) is 11.5. The zero-order valence-corrected chi connectivity index (χ0v) is 14.1. The molecule has 0 radical (unpaired) electrons. The Morgan fingerprint density at radius 2 is 2.10 bits per heavy atom. The molecule has 0 fully saturated rings. The summed E-state index contributed by atoms with van der Waals surface area (Å²) in [6, 6.07) is 4.97. The van der Waals surface area contributed by atoms with Crippen LogP contribution in [0.1, 0.15) is 13.8 Å². The molecule has 1 aromatic rings. The third-order valence-electron chi connectivity index (χ3n) is 2.43. The molecule has 4 N–H and O–H groups in total. The zero-order chi connectivity index (χ0) is 15.3. The minimum atomic E-state index is -0.989. The SMILES string of the molecule is CC(C)(N)C(=O)NCC(O)COc1cccc(Cl)c1Cl.Cl.